The third-order valence-corrected chi connectivity index (χ3v) is 5.04. The summed E-state index contributed by atoms with van der Waals surface area (Å²) >= 11 is 0. The van der Waals surface area contributed by atoms with Crippen molar-refractivity contribution in [3.8, 4) is 5.88 Å². The highest BCUT2D eigenvalue weighted by atomic mass is 16.5. The zero-order valence-electron chi connectivity index (χ0n) is 17.5. The molecule has 2 heterocycles. The Kier molecular flexibility index (Phi) is 8.06. The number of hydrogen-bond donors (Lipinski definition) is 2. The van der Waals surface area contributed by atoms with Crippen molar-refractivity contribution in [2.75, 3.05) is 19.7 Å². The van der Waals surface area contributed by atoms with Gasteiger partial charge in [-0.15, -0.1) is 0 Å². The number of benzene rings is 1. The predicted octanol–water partition coefficient (Wildman–Crippen LogP) is 3.03. The number of pyridine rings is 1. The van der Waals surface area contributed by atoms with Gasteiger partial charge in [0.25, 0.3) is 0 Å². The van der Waals surface area contributed by atoms with Crippen molar-refractivity contribution >= 4 is 11.9 Å². The van der Waals surface area contributed by atoms with Crippen molar-refractivity contribution in [3.05, 3.63) is 59.3 Å². The maximum absolute atomic E-state index is 12.4. The van der Waals surface area contributed by atoms with E-state index < -0.39 is 0 Å². The van der Waals surface area contributed by atoms with Gasteiger partial charge in [-0.1, -0.05) is 37.3 Å². The predicted molar refractivity (Wildman–Crippen MR) is 115 cm³/mol. The highest BCUT2D eigenvalue weighted by Gasteiger charge is 2.19. The number of urea groups is 1. The number of hydrogen-bond acceptors (Lipinski definition) is 4. The second kappa shape index (κ2) is 11.2. The quantitative estimate of drug-likeness (QED) is 0.623. The first-order valence-electron chi connectivity index (χ1n) is 10.6. The number of aromatic nitrogens is 1. The molecule has 0 unspecified atom stereocenters. The molecule has 7 heteroatoms. The molecule has 1 aliphatic heterocycles. The van der Waals surface area contributed by atoms with Gasteiger partial charge in [0.2, 0.25) is 11.8 Å². The maximum atomic E-state index is 12.4. The Morgan fingerprint density at radius 1 is 1.13 bits per heavy atom. The van der Waals surface area contributed by atoms with Gasteiger partial charge in [-0.2, -0.15) is 0 Å². The Hall–Kier alpha value is -3.09. The summed E-state index contributed by atoms with van der Waals surface area (Å²) in [4.78, 5) is 30.5. The minimum Gasteiger partial charge on any atom is -0.478 e. The Balaban J connectivity index is 1.30. The van der Waals surface area contributed by atoms with Crippen molar-refractivity contribution in [3.63, 3.8) is 0 Å². The van der Waals surface area contributed by atoms with Crippen molar-refractivity contribution in [2.45, 2.75) is 45.7 Å². The van der Waals surface area contributed by atoms with Gasteiger partial charge >= 0.3 is 6.03 Å². The molecule has 0 saturated heterocycles. The molecule has 0 bridgehead atoms. The average molecular weight is 411 g/mol. The van der Waals surface area contributed by atoms with Crippen molar-refractivity contribution in [1.29, 1.82) is 0 Å². The summed E-state index contributed by atoms with van der Waals surface area (Å²) in [7, 11) is 0. The van der Waals surface area contributed by atoms with Crippen LogP contribution in [0.1, 0.15) is 42.9 Å². The fourth-order valence-electron chi connectivity index (χ4n) is 3.36. The first-order valence-corrected chi connectivity index (χ1v) is 10.6. The lowest BCUT2D eigenvalue weighted by atomic mass is 9.99. The molecule has 2 N–H and O–H groups in total. The van der Waals surface area contributed by atoms with Crippen LogP contribution in [0.25, 0.3) is 0 Å². The van der Waals surface area contributed by atoms with Crippen LogP contribution in [0.3, 0.4) is 0 Å². The Morgan fingerprint density at radius 2 is 1.97 bits per heavy atom. The van der Waals surface area contributed by atoms with Crippen LogP contribution in [-0.2, 0) is 24.3 Å². The molecular weight excluding hydrogens is 380 g/mol. The van der Waals surface area contributed by atoms with Crippen LogP contribution < -0.4 is 15.4 Å². The van der Waals surface area contributed by atoms with E-state index in [9.17, 15) is 9.59 Å². The lowest BCUT2D eigenvalue weighted by Crippen LogP contribution is -2.37. The van der Waals surface area contributed by atoms with E-state index in [1.54, 1.807) is 12.3 Å². The summed E-state index contributed by atoms with van der Waals surface area (Å²) in [6, 6.07) is 11.7. The van der Waals surface area contributed by atoms with E-state index in [1.807, 2.05) is 30.0 Å². The molecule has 30 heavy (non-hydrogen) atoms. The summed E-state index contributed by atoms with van der Waals surface area (Å²) in [6.45, 7) is 4.97. The van der Waals surface area contributed by atoms with E-state index in [0.29, 0.717) is 45.0 Å². The van der Waals surface area contributed by atoms with E-state index in [1.165, 1.54) is 11.1 Å². The molecule has 7 nitrogen and oxygen atoms in total. The molecule has 2 aromatic rings. The molecule has 1 aromatic carbocycles. The fourth-order valence-corrected chi connectivity index (χ4v) is 3.36. The number of fused-ring (bicyclic) bond motifs is 1. The molecule has 0 atom stereocenters. The van der Waals surface area contributed by atoms with Crippen LogP contribution >= 0.6 is 0 Å². The van der Waals surface area contributed by atoms with Crippen LogP contribution in [-0.4, -0.2) is 41.5 Å². The highest BCUT2D eigenvalue weighted by Crippen LogP contribution is 2.19. The SMILES string of the molecule is CCCOc1ccc(CNC(=O)NCCCC(=O)N2CCc3ccccc3C2)cn1. The van der Waals surface area contributed by atoms with E-state index in [-0.39, 0.29) is 11.9 Å². The molecule has 0 saturated carbocycles. The first-order chi connectivity index (χ1) is 14.7. The maximum Gasteiger partial charge on any atom is 0.315 e. The third-order valence-electron chi connectivity index (χ3n) is 5.04. The number of nitrogens with zero attached hydrogens (tertiary/aromatic N) is 2. The number of rotatable bonds is 9. The zero-order chi connectivity index (χ0) is 21.2. The molecular formula is C23H30N4O3. The normalized spacial score (nSPS) is 12.8. The van der Waals surface area contributed by atoms with Gasteiger partial charge in [-0.05, 0) is 36.0 Å². The second-order valence-corrected chi connectivity index (χ2v) is 7.40. The summed E-state index contributed by atoms with van der Waals surface area (Å²) in [5.41, 5.74) is 3.46. The van der Waals surface area contributed by atoms with E-state index >= 15 is 0 Å². The lowest BCUT2D eigenvalue weighted by Gasteiger charge is -2.29. The minimum absolute atomic E-state index is 0.142. The molecule has 160 valence electrons. The van der Waals surface area contributed by atoms with Gasteiger partial charge in [0, 0.05) is 44.9 Å². The molecule has 0 radical (unpaired) electrons. The van der Waals surface area contributed by atoms with Crippen LogP contribution in [0.4, 0.5) is 4.79 Å². The van der Waals surface area contributed by atoms with E-state index in [4.69, 9.17) is 4.74 Å². The number of amides is 3. The molecule has 1 aromatic heterocycles. The first kappa shape index (κ1) is 21.6. The fraction of sp³-hybridized carbons (Fsp3) is 0.435. The van der Waals surface area contributed by atoms with Crippen molar-refractivity contribution in [1.82, 2.24) is 20.5 Å². The second-order valence-electron chi connectivity index (χ2n) is 7.40. The summed E-state index contributed by atoms with van der Waals surface area (Å²) < 4.78 is 5.44. The van der Waals surface area contributed by atoms with Gasteiger partial charge in [-0.25, -0.2) is 9.78 Å². The highest BCUT2D eigenvalue weighted by molar-refractivity contribution is 5.77. The van der Waals surface area contributed by atoms with Crippen LogP contribution in [0, 0.1) is 0 Å². The summed E-state index contributed by atoms with van der Waals surface area (Å²) in [5.74, 6) is 0.732. The molecule has 3 amide bonds. The third kappa shape index (κ3) is 6.47. The number of carbonyl (C=O) groups excluding carboxylic acids is 2. The molecule has 3 rings (SSSR count). The lowest BCUT2D eigenvalue weighted by molar-refractivity contribution is -0.132. The van der Waals surface area contributed by atoms with Gasteiger partial charge < -0.3 is 20.3 Å². The standard InChI is InChI=1S/C23H30N4O3/c1-2-14-30-21-10-9-18(15-25-21)16-26-23(29)24-12-5-8-22(28)27-13-11-19-6-3-4-7-20(19)17-27/h3-4,6-7,9-10,15H,2,5,8,11-14,16-17H2,1H3,(H2,24,26,29). The minimum atomic E-state index is -0.249. The van der Waals surface area contributed by atoms with E-state index in [0.717, 1.165) is 24.9 Å². The van der Waals surface area contributed by atoms with Crippen LogP contribution in [0.2, 0.25) is 0 Å². The summed E-state index contributed by atoms with van der Waals surface area (Å²) in [6.07, 6.45) is 4.59. The van der Waals surface area contributed by atoms with Crippen LogP contribution in [0.5, 0.6) is 5.88 Å². The molecule has 1 aliphatic rings. The zero-order valence-corrected chi connectivity index (χ0v) is 17.5. The monoisotopic (exact) mass is 410 g/mol. The van der Waals surface area contributed by atoms with Gasteiger partial charge in [0.15, 0.2) is 0 Å². The molecule has 0 fully saturated rings. The topological polar surface area (TPSA) is 83.6 Å². The largest absolute Gasteiger partial charge is 0.478 e. The molecule has 0 aliphatic carbocycles. The number of ether oxygens (including phenoxy) is 1. The Bertz CT molecular complexity index is 839. The Labute approximate surface area is 177 Å². The van der Waals surface area contributed by atoms with E-state index in [2.05, 4.69) is 27.8 Å². The number of nitrogens with one attached hydrogen (secondary N) is 2. The van der Waals surface area contributed by atoms with Crippen molar-refractivity contribution < 1.29 is 14.3 Å². The van der Waals surface area contributed by atoms with Crippen molar-refractivity contribution in [2.24, 2.45) is 0 Å². The van der Waals surface area contributed by atoms with Gasteiger partial charge in [0.05, 0.1) is 6.61 Å². The smallest absolute Gasteiger partial charge is 0.315 e. The Morgan fingerprint density at radius 3 is 2.73 bits per heavy atom. The average Bonchev–Trinajstić information content (AvgIpc) is 2.79. The van der Waals surface area contributed by atoms with Gasteiger partial charge in [-0.3, -0.25) is 4.79 Å². The summed E-state index contributed by atoms with van der Waals surface area (Å²) in [5, 5.41) is 5.60. The van der Waals surface area contributed by atoms with Gasteiger partial charge in [0.1, 0.15) is 0 Å². The molecule has 0 spiro atoms. The van der Waals surface area contributed by atoms with Crippen LogP contribution in [0.15, 0.2) is 42.6 Å². The number of carbonyl (C=O) groups is 2.